The summed E-state index contributed by atoms with van der Waals surface area (Å²) in [6, 6.07) is 10.5. The van der Waals surface area contributed by atoms with Gasteiger partial charge in [-0.05, 0) is 29.8 Å². The minimum absolute atomic E-state index is 0.00259. The zero-order valence-corrected chi connectivity index (χ0v) is 15.8. The minimum Gasteiger partial charge on any atom is -0.456 e. The fourth-order valence-corrected chi connectivity index (χ4v) is 2.99. The van der Waals surface area contributed by atoms with Gasteiger partial charge in [0.1, 0.15) is 17.1 Å². The molecule has 0 saturated carbocycles. The number of nitrogens with zero attached hydrogens (tertiary/aromatic N) is 1. The van der Waals surface area contributed by atoms with E-state index in [9.17, 15) is 36.5 Å². The number of halogens is 7. The standard InChI is InChI=1S/C20H10ClF6NO3/c21-16-7-5-11(9-14(16)19(22,23)24)13-3-1-2-4-17(13)31-18-8-6-12(28(29)30)10-15(18)20(25,26)27/h1-10H. The summed E-state index contributed by atoms with van der Waals surface area (Å²) < 4.78 is 85.1. The normalized spacial score (nSPS) is 12.0. The lowest BCUT2D eigenvalue weighted by molar-refractivity contribution is -0.385. The van der Waals surface area contributed by atoms with Crippen LogP contribution in [0.2, 0.25) is 5.02 Å². The Morgan fingerprint density at radius 2 is 1.45 bits per heavy atom. The molecule has 3 aromatic carbocycles. The molecule has 0 bridgehead atoms. The highest BCUT2D eigenvalue weighted by Crippen LogP contribution is 2.43. The monoisotopic (exact) mass is 461 g/mol. The number of benzene rings is 3. The van der Waals surface area contributed by atoms with E-state index >= 15 is 0 Å². The molecule has 162 valence electrons. The lowest BCUT2D eigenvalue weighted by Crippen LogP contribution is -2.08. The van der Waals surface area contributed by atoms with E-state index in [4.69, 9.17) is 16.3 Å². The summed E-state index contributed by atoms with van der Waals surface area (Å²) in [4.78, 5) is 9.84. The van der Waals surface area contributed by atoms with E-state index in [0.717, 1.165) is 24.3 Å². The predicted molar refractivity (Wildman–Crippen MR) is 100 cm³/mol. The number of alkyl halides is 6. The number of hydrogen-bond acceptors (Lipinski definition) is 3. The van der Waals surface area contributed by atoms with E-state index in [1.54, 1.807) is 0 Å². The molecule has 11 heteroatoms. The van der Waals surface area contributed by atoms with Gasteiger partial charge in [-0.25, -0.2) is 0 Å². The maximum absolute atomic E-state index is 13.4. The first-order chi connectivity index (χ1) is 14.4. The maximum atomic E-state index is 13.4. The Morgan fingerprint density at radius 3 is 2.06 bits per heavy atom. The number of non-ortho nitro benzene ring substituents is 1. The molecule has 0 radical (unpaired) electrons. The van der Waals surface area contributed by atoms with E-state index in [1.807, 2.05) is 0 Å². The molecule has 0 aromatic heterocycles. The van der Waals surface area contributed by atoms with Gasteiger partial charge in [0.2, 0.25) is 0 Å². The van der Waals surface area contributed by atoms with Gasteiger partial charge in [-0.3, -0.25) is 10.1 Å². The van der Waals surface area contributed by atoms with Crippen LogP contribution in [0.1, 0.15) is 11.1 Å². The van der Waals surface area contributed by atoms with Crippen molar-refractivity contribution in [3.63, 3.8) is 0 Å². The van der Waals surface area contributed by atoms with Gasteiger partial charge in [0, 0.05) is 17.7 Å². The van der Waals surface area contributed by atoms with Crippen LogP contribution >= 0.6 is 11.6 Å². The lowest BCUT2D eigenvalue weighted by Gasteiger charge is -2.17. The van der Waals surface area contributed by atoms with Crippen molar-refractivity contribution in [1.29, 1.82) is 0 Å². The van der Waals surface area contributed by atoms with E-state index in [2.05, 4.69) is 0 Å². The van der Waals surface area contributed by atoms with Gasteiger partial charge in [-0.2, -0.15) is 26.3 Å². The van der Waals surface area contributed by atoms with E-state index in [0.29, 0.717) is 6.07 Å². The topological polar surface area (TPSA) is 52.4 Å². The number of ether oxygens (including phenoxy) is 1. The van der Waals surface area contributed by atoms with Gasteiger partial charge in [-0.15, -0.1) is 0 Å². The predicted octanol–water partition coefficient (Wildman–Crippen LogP) is 7.75. The highest BCUT2D eigenvalue weighted by Gasteiger charge is 2.37. The van der Waals surface area contributed by atoms with Crippen molar-refractivity contribution in [3.8, 4) is 22.6 Å². The Balaban J connectivity index is 2.10. The van der Waals surface area contributed by atoms with Gasteiger partial charge in [-0.1, -0.05) is 35.9 Å². The minimum atomic E-state index is -4.97. The second kappa shape index (κ2) is 8.10. The second-order valence-electron chi connectivity index (χ2n) is 6.23. The highest BCUT2D eigenvalue weighted by atomic mass is 35.5. The van der Waals surface area contributed by atoms with Crippen molar-refractivity contribution >= 4 is 17.3 Å². The number of nitro benzene ring substituents is 1. The van der Waals surface area contributed by atoms with Crippen molar-refractivity contribution in [2.75, 3.05) is 0 Å². The van der Waals surface area contributed by atoms with Crippen molar-refractivity contribution in [3.05, 3.63) is 86.9 Å². The zero-order valence-electron chi connectivity index (χ0n) is 15.1. The summed E-state index contributed by atoms with van der Waals surface area (Å²) in [5.41, 5.74) is -3.24. The van der Waals surface area contributed by atoms with Crippen LogP contribution in [-0.2, 0) is 12.4 Å². The third-order valence-corrected chi connectivity index (χ3v) is 4.50. The fourth-order valence-electron chi connectivity index (χ4n) is 2.76. The maximum Gasteiger partial charge on any atom is 0.420 e. The Kier molecular flexibility index (Phi) is 5.86. The number of rotatable bonds is 4. The quantitative estimate of drug-likeness (QED) is 0.227. The number of para-hydroxylation sites is 1. The summed E-state index contributed by atoms with van der Waals surface area (Å²) in [7, 11) is 0. The zero-order chi connectivity index (χ0) is 23.0. The lowest BCUT2D eigenvalue weighted by atomic mass is 10.0. The van der Waals surface area contributed by atoms with Crippen molar-refractivity contribution < 1.29 is 36.0 Å². The summed E-state index contributed by atoms with van der Waals surface area (Å²) in [6.45, 7) is 0. The van der Waals surface area contributed by atoms with Crippen molar-refractivity contribution in [2.45, 2.75) is 12.4 Å². The molecule has 0 unspecified atom stereocenters. The van der Waals surface area contributed by atoms with E-state index < -0.39 is 44.9 Å². The van der Waals surface area contributed by atoms with Crippen LogP contribution in [0, 0.1) is 10.1 Å². The molecule has 3 aromatic rings. The molecule has 0 spiro atoms. The first-order valence-corrected chi connectivity index (χ1v) is 8.75. The Labute approximate surface area is 175 Å². The third-order valence-electron chi connectivity index (χ3n) is 4.17. The molecular formula is C20H10ClF6NO3. The van der Waals surface area contributed by atoms with Gasteiger partial charge >= 0.3 is 12.4 Å². The molecule has 31 heavy (non-hydrogen) atoms. The van der Waals surface area contributed by atoms with Crippen LogP contribution in [0.4, 0.5) is 32.0 Å². The van der Waals surface area contributed by atoms with Gasteiger partial charge in [0.05, 0.1) is 15.5 Å². The van der Waals surface area contributed by atoms with Crippen LogP contribution in [0.25, 0.3) is 11.1 Å². The number of nitro groups is 1. The van der Waals surface area contributed by atoms with Crippen LogP contribution in [0.3, 0.4) is 0 Å². The van der Waals surface area contributed by atoms with Crippen LogP contribution in [0.15, 0.2) is 60.7 Å². The van der Waals surface area contributed by atoms with E-state index in [-0.39, 0.29) is 16.9 Å². The molecule has 3 rings (SSSR count). The Morgan fingerprint density at radius 1 is 0.806 bits per heavy atom. The molecule has 0 aliphatic heterocycles. The van der Waals surface area contributed by atoms with Gasteiger partial charge in [0.25, 0.3) is 5.69 Å². The molecule has 0 N–H and O–H groups in total. The molecule has 0 atom stereocenters. The first kappa shape index (κ1) is 22.4. The van der Waals surface area contributed by atoms with Crippen LogP contribution < -0.4 is 4.74 Å². The number of hydrogen-bond donors (Lipinski definition) is 0. The fraction of sp³-hybridized carbons (Fsp3) is 0.100. The Hall–Kier alpha value is -3.27. The molecule has 0 amide bonds. The summed E-state index contributed by atoms with van der Waals surface area (Å²) in [6.07, 6.45) is -9.72. The summed E-state index contributed by atoms with van der Waals surface area (Å²) in [5, 5.41) is 10.3. The van der Waals surface area contributed by atoms with Crippen LogP contribution in [-0.4, -0.2) is 4.92 Å². The van der Waals surface area contributed by atoms with Crippen molar-refractivity contribution in [2.24, 2.45) is 0 Å². The second-order valence-corrected chi connectivity index (χ2v) is 6.63. The Bertz CT molecular complexity index is 1140. The SMILES string of the molecule is O=[N+]([O-])c1ccc(Oc2ccccc2-c2ccc(Cl)c(C(F)(F)F)c2)c(C(F)(F)F)c1. The third kappa shape index (κ3) is 4.91. The molecule has 0 aliphatic carbocycles. The first-order valence-electron chi connectivity index (χ1n) is 8.37. The summed E-state index contributed by atoms with van der Waals surface area (Å²) in [5.74, 6) is -0.923. The van der Waals surface area contributed by atoms with Gasteiger partial charge < -0.3 is 4.74 Å². The van der Waals surface area contributed by atoms with Crippen molar-refractivity contribution in [1.82, 2.24) is 0 Å². The molecule has 0 saturated heterocycles. The molecule has 4 nitrogen and oxygen atoms in total. The molecule has 0 fully saturated rings. The summed E-state index contributed by atoms with van der Waals surface area (Å²) >= 11 is 5.62. The largest absolute Gasteiger partial charge is 0.456 e. The molecule has 0 aliphatic rings. The van der Waals surface area contributed by atoms with E-state index in [1.165, 1.54) is 30.3 Å². The van der Waals surface area contributed by atoms with Gasteiger partial charge in [0.15, 0.2) is 0 Å². The smallest absolute Gasteiger partial charge is 0.420 e. The van der Waals surface area contributed by atoms with Crippen LogP contribution in [0.5, 0.6) is 11.5 Å². The highest BCUT2D eigenvalue weighted by molar-refractivity contribution is 6.31. The average Bonchev–Trinajstić information content (AvgIpc) is 2.67. The molecular weight excluding hydrogens is 452 g/mol. The molecule has 0 heterocycles. The average molecular weight is 462 g/mol.